The molecule has 0 aliphatic heterocycles. The molecule has 0 saturated carbocycles. The van der Waals surface area contributed by atoms with E-state index in [-0.39, 0.29) is 11.6 Å². The van der Waals surface area contributed by atoms with Crippen LogP contribution in [0.5, 0.6) is 5.75 Å². The van der Waals surface area contributed by atoms with Crippen LogP contribution in [0.15, 0.2) is 56.7 Å². The van der Waals surface area contributed by atoms with Gasteiger partial charge in [-0.2, -0.15) is 0 Å². The van der Waals surface area contributed by atoms with Gasteiger partial charge in [-0.15, -0.1) is 0 Å². The summed E-state index contributed by atoms with van der Waals surface area (Å²) in [5, 5.41) is 9.13. The normalized spacial score (nSPS) is 10.4. The number of benzene rings is 2. The Kier molecular flexibility index (Phi) is 3.51. The molecule has 0 unspecified atom stereocenters. The summed E-state index contributed by atoms with van der Waals surface area (Å²) in [7, 11) is 0. The van der Waals surface area contributed by atoms with Gasteiger partial charge in [0.25, 0.3) is 0 Å². The predicted molar refractivity (Wildman–Crippen MR) is 66.3 cm³/mol. The van der Waals surface area contributed by atoms with Crippen LogP contribution in [0.1, 0.15) is 0 Å². The van der Waals surface area contributed by atoms with Crippen LogP contribution in [-0.2, 0) is 0 Å². The summed E-state index contributed by atoms with van der Waals surface area (Å²) in [4.78, 5) is 1.78. The second-order valence-corrected chi connectivity index (χ2v) is 5.17. The van der Waals surface area contributed by atoms with Crippen LogP contribution < -0.4 is 0 Å². The number of phenols is 1. The molecule has 0 amide bonds. The summed E-state index contributed by atoms with van der Waals surface area (Å²) in [5.74, 6) is -0.0462. The van der Waals surface area contributed by atoms with Crippen LogP contribution >= 0.6 is 27.7 Å². The molecule has 1 nitrogen and oxygen atoms in total. The smallest absolute Gasteiger partial charge is 0.138 e. The average Bonchev–Trinajstić information content (AvgIpc) is 2.27. The molecule has 0 aliphatic rings. The van der Waals surface area contributed by atoms with Crippen molar-refractivity contribution in [1.29, 1.82) is 0 Å². The molecular weight excluding hydrogens is 291 g/mol. The van der Waals surface area contributed by atoms with E-state index in [4.69, 9.17) is 5.11 Å². The zero-order chi connectivity index (χ0) is 11.5. The monoisotopic (exact) mass is 298 g/mol. The number of phenolic OH excluding ortho intramolecular Hbond substituents is 1. The summed E-state index contributed by atoms with van der Waals surface area (Å²) in [6.45, 7) is 0. The molecule has 82 valence electrons. The maximum Gasteiger partial charge on any atom is 0.138 e. The van der Waals surface area contributed by atoms with Gasteiger partial charge in [-0.1, -0.05) is 11.8 Å². The van der Waals surface area contributed by atoms with Crippen LogP contribution in [0.4, 0.5) is 4.39 Å². The fourth-order valence-electron chi connectivity index (χ4n) is 1.19. The minimum absolute atomic E-state index is 0.228. The molecule has 0 heterocycles. The number of halogens is 2. The number of hydrogen-bond donors (Lipinski definition) is 1. The van der Waals surface area contributed by atoms with Gasteiger partial charge >= 0.3 is 0 Å². The van der Waals surface area contributed by atoms with E-state index in [1.807, 2.05) is 6.07 Å². The summed E-state index contributed by atoms with van der Waals surface area (Å²) in [6, 6.07) is 11.8. The van der Waals surface area contributed by atoms with Crippen molar-refractivity contribution in [2.45, 2.75) is 9.79 Å². The Morgan fingerprint density at radius 3 is 2.25 bits per heavy atom. The fourth-order valence-corrected chi connectivity index (χ4v) is 2.28. The van der Waals surface area contributed by atoms with Crippen molar-refractivity contribution in [3.63, 3.8) is 0 Å². The molecule has 0 radical (unpaired) electrons. The van der Waals surface area contributed by atoms with Gasteiger partial charge < -0.3 is 5.11 Å². The van der Waals surface area contributed by atoms with Gasteiger partial charge in [0.05, 0.1) is 4.47 Å². The Balaban J connectivity index is 2.20. The number of aromatic hydroxyl groups is 1. The topological polar surface area (TPSA) is 20.2 Å². The van der Waals surface area contributed by atoms with E-state index in [0.29, 0.717) is 4.47 Å². The third kappa shape index (κ3) is 2.77. The highest BCUT2D eigenvalue weighted by atomic mass is 79.9. The highest BCUT2D eigenvalue weighted by Crippen LogP contribution is 2.30. The Morgan fingerprint density at radius 1 is 1.00 bits per heavy atom. The minimum atomic E-state index is -0.274. The van der Waals surface area contributed by atoms with Crippen molar-refractivity contribution in [2.24, 2.45) is 0 Å². The standard InChI is InChI=1S/C12H8BrFOS/c13-11-6-5-10(7-12(11)14)16-9-3-1-8(15)2-4-9/h1-7,15H. The zero-order valence-electron chi connectivity index (χ0n) is 8.15. The second kappa shape index (κ2) is 4.89. The van der Waals surface area contributed by atoms with Gasteiger partial charge in [0, 0.05) is 9.79 Å². The molecule has 2 rings (SSSR count). The van der Waals surface area contributed by atoms with Crippen LogP contribution in [0.2, 0.25) is 0 Å². The highest BCUT2D eigenvalue weighted by molar-refractivity contribution is 9.10. The molecule has 2 aromatic rings. The third-order valence-corrected chi connectivity index (χ3v) is 3.60. The first-order valence-electron chi connectivity index (χ1n) is 4.57. The largest absolute Gasteiger partial charge is 0.508 e. The summed E-state index contributed by atoms with van der Waals surface area (Å²) >= 11 is 4.55. The molecular formula is C12H8BrFOS. The van der Waals surface area contributed by atoms with Gasteiger partial charge in [-0.25, -0.2) is 4.39 Å². The summed E-state index contributed by atoms with van der Waals surface area (Å²) < 4.78 is 13.7. The van der Waals surface area contributed by atoms with E-state index in [9.17, 15) is 4.39 Å². The first kappa shape index (κ1) is 11.5. The molecule has 0 atom stereocenters. The van der Waals surface area contributed by atoms with Crippen molar-refractivity contribution in [3.8, 4) is 5.75 Å². The number of rotatable bonds is 2. The lowest BCUT2D eigenvalue weighted by Crippen LogP contribution is -1.79. The lowest BCUT2D eigenvalue weighted by Gasteiger charge is -2.02. The van der Waals surface area contributed by atoms with Crippen LogP contribution in [-0.4, -0.2) is 5.11 Å². The number of hydrogen-bond acceptors (Lipinski definition) is 2. The molecule has 0 spiro atoms. The van der Waals surface area contributed by atoms with Crippen molar-refractivity contribution in [3.05, 3.63) is 52.8 Å². The van der Waals surface area contributed by atoms with Crippen LogP contribution in [0.3, 0.4) is 0 Å². The Hall–Kier alpha value is -1.00. The lowest BCUT2D eigenvalue weighted by molar-refractivity contribution is 0.475. The van der Waals surface area contributed by atoms with Crippen molar-refractivity contribution in [2.75, 3.05) is 0 Å². The van der Waals surface area contributed by atoms with E-state index in [1.54, 1.807) is 30.3 Å². The van der Waals surface area contributed by atoms with Gasteiger partial charge in [-0.05, 0) is 58.4 Å². The maximum absolute atomic E-state index is 13.2. The third-order valence-electron chi connectivity index (χ3n) is 1.96. The SMILES string of the molecule is Oc1ccc(Sc2ccc(Br)c(F)c2)cc1. The molecule has 0 bridgehead atoms. The fraction of sp³-hybridized carbons (Fsp3) is 0. The van der Waals surface area contributed by atoms with Crippen molar-refractivity contribution in [1.82, 2.24) is 0 Å². The van der Waals surface area contributed by atoms with E-state index < -0.39 is 0 Å². The molecule has 0 saturated heterocycles. The quantitative estimate of drug-likeness (QED) is 0.884. The maximum atomic E-state index is 13.2. The molecule has 0 fully saturated rings. The molecule has 0 aliphatic carbocycles. The van der Waals surface area contributed by atoms with E-state index in [1.165, 1.54) is 17.8 Å². The molecule has 0 aromatic heterocycles. The van der Waals surface area contributed by atoms with Crippen LogP contribution in [0, 0.1) is 5.82 Å². The minimum Gasteiger partial charge on any atom is -0.508 e. The van der Waals surface area contributed by atoms with Crippen molar-refractivity contribution < 1.29 is 9.50 Å². The van der Waals surface area contributed by atoms with Crippen LogP contribution in [0.25, 0.3) is 0 Å². The Bertz CT molecular complexity index is 499. The molecule has 1 N–H and O–H groups in total. The van der Waals surface area contributed by atoms with Gasteiger partial charge in [0.2, 0.25) is 0 Å². The second-order valence-electron chi connectivity index (χ2n) is 3.17. The van der Waals surface area contributed by atoms with Gasteiger partial charge in [0.15, 0.2) is 0 Å². The molecule has 4 heteroatoms. The zero-order valence-corrected chi connectivity index (χ0v) is 10.6. The van der Waals surface area contributed by atoms with Crippen molar-refractivity contribution >= 4 is 27.7 Å². The summed E-state index contributed by atoms with van der Waals surface area (Å²) in [6.07, 6.45) is 0. The average molecular weight is 299 g/mol. The highest BCUT2D eigenvalue weighted by Gasteiger charge is 2.02. The Morgan fingerprint density at radius 2 is 1.62 bits per heavy atom. The van der Waals surface area contributed by atoms with E-state index >= 15 is 0 Å². The molecule has 2 aromatic carbocycles. The van der Waals surface area contributed by atoms with E-state index in [0.717, 1.165) is 9.79 Å². The van der Waals surface area contributed by atoms with Gasteiger partial charge in [0.1, 0.15) is 11.6 Å². The first-order valence-corrected chi connectivity index (χ1v) is 6.18. The van der Waals surface area contributed by atoms with E-state index in [2.05, 4.69) is 15.9 Å². The summed E-state index contributed by atoms with van der Waals surface area (Å²) in [5.41, 5.74) is 0. The van der Waals surface area contributed by atoms with Gasteiger partial charge in [-0.3, -0.25) is 0 Å². The predicted octanol–water partition coefficient (Wildman–Crippen LogP) is 4.45. The molecule has 16 heavy (non-hydrogen) atoms. The Labute approximate surface area is 105 Å². The first-order chi connectivity index (χ1) is 7.65. The lowest BCUT2D eigenvalue weighted by atomic mass is 10.3.